The third-order valence-electron chi connectivity index (χ3n) is 9.00. The molecule has 5 rings (SSSR count). The molecule has 51 heavy (non-hydrogen) atoms. The van der Waals surface area contributed by atoms with Gasteiger partial charge in [-0.3, -0.25) is 14.6 Å². The van der Waals surface area contributed by atoms with Crippen LogP contribution in [0.1, 0.15) is 48.5 Å². The van der Waals surface area contributed by atoms with Crippen molar-refractivity contribution in [1.29, 1.82) is 0 Å². The maximum atomic E-state index is 14.8. The number of alkyl halides is 6. The summed E-state index contributed by atoms with van der Waals surface area (Å²) >= 11 is 0. The minimum Gasteiger partial charge on any atom is -0.475 e. The second kappa shape index (κ2) is 15.7. The summed E-state index contributed by atoms with van der Waals surface area (Å²) in [5.74, 6) is -1.93. The monoisotopic (exact) mass is 723 g/mol. The average Bonchev–Trinajstić information content (AvgIpc) is 3.11. The Kier molecular flexibility index (Phi) is 11.5. The fourth-order valence-corrected chi connectivity index (χ4v) is 6.80. The molecule has 3 heterocycles. The first-order valence-electron chi connectivity index (χ1n) is 16.6. The summed E-state index contributed by atoms with van der Waals surface area (Å²) in [7, 11) is 0. The number of likely N-dealkylation sites (tertiary alicyclic amines) is 1. The fourth-order valence-electron chi connectivity index (χ4n) is 6.80. The Morgan fingerprint density at radius 3 is 2.29 bits per heavy atom. The zero-order valence-electron chi connectivity index (χ0n) is 27.8. The lowest BCUT2D eigenvalue weighted by Gasteiger charge is -2.51. The van der Waals surface area contributed by atoms with Crippen molar-refractivity contribution in [2.75, 3.05) is 56.1 Å². The molecule has 0 spiro atoms. The van der Waals surface area contributed by atoms with Crippen LogP contribution in [0.4, 0.5) is 37.7 Å². The van der Waals surface area contributed by atoms with Crippen molar-refractivity contribution in [3.63, 3.8) is 0 Å². The summed E-state index contributed by atoms with van der Waals surface area (Å²) < 4.78 is 91.1. The molecule has 0 bridgehead atoms. The number of piperidine rings is 1. The minimum absolute atomic E-state index is 0.0214. The smallest absolute Gasteiger partial charge is 0.475 e. The lowest BCUT2D eigenvalue weighted by molar-refractivity contribution is -0.274. The molecule has 2 saturated heterocycles. The van der Waals surface area contributed by atoms with Crippen LogP contribution >= 0.6 is 0 Å². The lowest BCUT2D eigenvalue weighted by Crippen LogP contribution is -2.69. The van der Waals surface area contributed by atoms with Crippen LogP contribution < -0.4 is 19.7 Å². The number of carbonyl (C=O) groups is 2. The van der Waals surface area contributed by atoms with Crippen molar-refractivity contribution < 1.29 is 50.5 Å². The number of ether oxygens (including phenoxy) is 2. The van der Waals surface area contributed by atoms with Crippen molar-refractivity contribution in [3.05, 3.63) is 78.1 Å². The lowest BCUT2D eigenvalue weighted by atomic mass is 9.79. The summed E-state index contributed by atoms with van der Waals surface area (Å²) in [4.78, 5) is 37.6. The van der Waals surface area contributed by atoms with Gasteiger partial charge >= 0.3 is 12.5 Å². The number of aliphatic hydroxyl groups is 1. The number of para-hydroxylation sites is 2. The first-order chi connectivity index (χ1) is 24.3. The molecule has 276 valence electrons. The number of nitrogens with one attached hydrogen (secondary N) is 1. The first-order valence-corrected chi connectivity index (χ1v) is 16.6. The zero-order chi connectivity index (χ0) is 36.8. The highest BCUT2D eigenvalue weighted by Gasteiger charge is 2.56. The molecule has 2 aromatic carbocycles. The SMILES string of the molecule is CCC[C@H]1N(C(=O)c2cnccc2C(F)(F)F)CCC[C@@]1(Oc1ccc(OC(F)(F)F)cc1)C(=O)N1CCN(c2ccccc2NCCO)CC1. The molecule has 0 saturated carbocycles. The molecule has 2 aliphatic rings. The van der Waals surface area contributed by atoms with Gasteiger partial charge in [0.05, 0.1) is 35.2 Å². The number of hydrogen-bond donors (Lipinski definition) is 2. The summed E-state index contributed by atoms with van der Waals surface area (Å²) in [6.45, 7) is 3.43. The normalized spacial score (nSPS) is 19.8. The molecule has 0 aliphatic carbocycles. The molecule has 10 nitrogen and oxygen atoms in total. The van der Waals surface area contributed by atoms with Gasteiger partial charge in [-0.15, -0.1) is 13.2 Å². The highest BCUT2D eigenvalue weighted by Crippen LogP contribution is 2.40. The highest BCUT2D eigenvalue weighted by atomic mass is 19.4. The molecule has 2 amide bonds. The van der Waals surface area contributed by atoms with Crippen LogP contribution in [0.25, 0.3) is 0 Å². The molecule has 2 fully saturated rings. The van der Waals surface area contributed by atoms with E-state index < -0.39 is 52.9 Å². The average molecular weight is 724 g/mol. The van der Waals surface area contributed by atoms with Crippen molar-refractivity contribution in [2.24, 2.45) is 0 Å². The molecule has 0 radical (unpaired) electrons. The molecule has 0 unspecified atom stereocenters. The first kappa shape index (κ1) is 37.5. The van der Waals surface area contributed by atoms with E-state index in [0.29, 0.717) is 26.1 Å². The number of piperazine rings is 1. The Morgan fingerprint density at radius 2 is 1.65 bits per heavy atom. The molecule has 2 N–H and O–H groups in total. The number of aromatic nitrogens is 1. The maximum absolute atomic E-state index is 14.8. The molecule has 16 heteroatoms. The second-order valence-corrected chi connectivity index (χ2v) is 12.3. The van der Waals surface area contributed by atoms with Crippen LogP contribution in [0.15, 0.2) is 67.0 Å². The van der Waals surface area contributed by atoms with Crippen LogP contribution in [0.2, 0.25) is 0 Å². The van der Waals surface area contributed by atoms with Crippen molar-refractivity contribution >= 4 is 23.2 Å². The van der Waals surface area contributed by atoms with Gasteiger partial charge in [0.2, 0.25) is 5.60 Å². The number of nitrogens with zero attached hydrogens (tertiary/aromatic N) is 4. The third-order valence-corrected chi connectivity index (χ3v) is 9.00. The quantitative estimate of drug-likeness (QED) is 0.233. The van der Waals surface area contributed by atoms with Gasteiger partial charge in [0.1, 0.15) is 11.5 Å². The number of carbonyl (C=O) groups excluding carboxylic acids is 2. The molecule has 2 aliphatic heterocycles. The number of benzene rings is 2. The van der Waals surface area contributed by atoms with Crippen LogP contribution in [-0.4, -0.2) is 95.6 Å². The molecule has 2 atom stereocenters. The number of amides is 2. The fraction of sp³-hybridized carbons (Fsp3) is 0.457. The summed E-state index contributed by atoms with van der Waals surface area (Å²) in [5.41, 5.74) is -1.93. The Hall–Kier alpha value is -4.73. The molecule has 3 aromatic rings. The Balaban J connectivity index is 1.49. The predicted octanol–water partition coefficient (Wildman–Crippen LogP) is 5.97. The maximum Gasteiger partial charge on any atom is 0.573 e. The van der Waals surface area contributed by atoms with Gasteiger partial charge in [0, 0.05) is 58.1 Å². The van der Waals surface area contributed by atoms with Crippen molar-refractivity contribution in [1.82, 2.24) is 14.8 Å². The van der Waals surface area contributed by atoms with Gasteiger partial charge < -0.3 is 34.6 Å². The van der Waals surface area contributed by atoms with E-state index in [2.05, 4.69) is 19.9 Å². The van der Waals surface area contributed by atoms with Crippen LogP contribution in [0.5, 0.6) is 11.5 Å². The topological polar surface area (TPSA) is 107 Å². The predicted molar refractivity (Wildman–Crippen MR) is 175 cm³/mol. The number of anilines is 2. The van der Waals surface area contributed by atoms with E-state index in [0.717, 1.165) is 42.0 Å². The summed E-state index contributed by atoms with van der Waals surface area (Å²) in [6.07, 6.45) is -7.09. The van der Waals surface area contributed by atoms with Gasteiger partial charge in [-0.2, -0.15) is 13.2 Å². The van der Waals surface area contributed by atoms with Gasteiger partial charge in [0.15, 0.2) is 0 Å². The van der Waals surface area contributed by atoms with E-state index in [1.807, 2.05) is 31.2 Å². The van der Waals surface area contributed by atoms with E-state index in [4.69, 9.17) is 4.74 Å². The molecular formula is C35H39F6N5O5. The minimum atomic E-state index is -4.94. The van der Waals surface area contributed by atoms with Crippen LogP contribution in [-0.2, 0) is 11.0 Å². The second-order valence-electron chi connectivity index (χ2n) is 12.3. The van der Waals surface area contributed by atoms with Gasteiger partial charge in [-0.1, -0.05) is 25.5 Å². The Bertz CT molecular complexity index is 1650. The number of pyridine rings is 1. The molecule has 1 aromatic heterocycles. The molecular weight excluding hydrogens is 684 g/mol. The van der Waals surface area contributed by atoms with Crippen LogP contribution in [0.3, 0.4) is 0 Å². The van der Waals surface area contributed by atoms with E-state index in [1.54, 1.807) is 4.90 Å². The van der Waals surface area contributed by atoms with E-state index in [9.17, 15) is 41.0 Å². The highest BCUT2D eigenvalue weighted by molar-refractivity contribution is 5.97. The van der Waals surface area contributed by atoms with E-state index >= 15 is 0 Å². The Labute approximate surface area is 290 Å². The third kappa shape index (κ3) is 8.60. The van der Waals surface area contributed by atoms with Crippen molar-refractivity contribution in [3.8, 4) is 11.5 Å². The van der Waals surface area contributed by atoms with E-state index in [1.165, 1.54) is 17.0 Å². The van der Waals surface area contributed by atoms with Gasteiger partial charge in [-0.25, -0.2) is 0 Å². The Morgan fingerprint density at radius 1 is 0.961 bits per heavy atom. The zero-order valence-corrected chi connectivity index (χ0v) is 27.8. The largest absolute Gasteiger partial charge is 0.573 e. The van der Waals surface area contributed by atoms with Gasteiger partial charge in [0.25, 0.3) is 11.8 Å². The van der Waals surface area contributed by atoms with Crippen LogP contribution in [0, 0.1) is 0 Å². The number of halogens is 6. The summed E-state index contributed by atoms with van der Waals surface area (Å²) in [5, 5.41) is 12.5. The van der Waals surface area contributed by atoms with Gasteiger partial charge in [-0.05, 0) is 55.3 Å². The standard InChI is InChI=1S/C35H39F6N5O5/c1-2-6-30-33(50-24-9-11-25(12-10-24)51-35(39,40)41,14-5-17-46(30)31(48)26-23-42-15-13-27(26)34(36,37)38)32(49)45-20-18-44(19-21-45)29-8-4-3-7-28(29)43-16-22-47/h3-4,7-13,15,23,30,43,47H,2,5-6,14,16-22H2,1H3/t30-,33+/m1/s1. The number of hydrogen-bond acceptors (Lipinski definition) is 8. The summed E-state index contributed by atoms with van der Waals surface area (Å²) in [6, 6.07) is 11.7. The number of aliphatic hydroxyl groups excluding tert-OH is 1. The van der Waals surface area contributed by atoms with E-state index in [-0.39, 0.29) is 51.3 Å². The number of rotatable bonds is 11. The van der Waals surface area contributed by atoms with Crippen molar-refractivity contribution in [2.45, 2.75) is 56.8 Å².